The lowest BCUT2D eigenvalue weighted by atomic mass is 9.86. The molecule has 2 aromatic rings. The van der Waals surface area contributed by atoms with Crippen LogP contribution in [0.25, 0.3) is 0 Å². The monoisotopic (exact) mass is 234 g/mol. The average molecular weight is 234 g/mol. The number of para-hydroxylation sites is 1. The van der Waals surface area contributed by atoms with E-state index in [1.165, 1.54) is 11.3 Å². The highest BCUT2D eigenvalue weighted by Crippen LogP contribution is 2.31. The van der Waals surface area contributed by atoms with E-state index in [0.29, 0.717) is 5.92 Å². The summed E-state index contributed by atoms with van der Waals surface area (Å²) in [5.74, 6) is 0.385. The first-order valence-corrected chi connectivity index (χ1v) is 6.19. The van der Waals surface area contributed by atoms with Gasteiger partial charge in [0.15, 0.2) is 0 Å². The zero-order valence-corrected chi connectivity index (χ0v) is 10.1. The van der Waals surface area contributed by atoms with Crippen LogP contribution >= 0.6 is 0 Å². The van der Waals surface area contributed by atoms with E-state index in [1.807, 2.05) is 18.2 Å². The summed E-state index contributed by atoms with van der Waals surface area (Å²) in [7, 11) is 0. The van der Waals surface area contributed by atoms with Crippen molar-refractivity contribution in [2.45, 2.75) is 12.3 Å². The summed E-state index contributed by atoms with van der Waals surface area (Å²) in [6.45, 7) is 0.899. The molecule has 1 aliphatic heterocycles. The minimum absolute atomic E-state index is 0.385. The van der Waals surface area contributed by atoms with Gasteiger partial charge in [-0.25, -0.2) is 0 Å². The third kappa shape index (κ3) is 1.84. The van der Waals surface area contributed by atoms with Gasteiger partial charge in [-0.05, 0) is 29.7 Å². The maximum Gasteiger partial charge on any atom is 0.0994 e. The van der Waals surface area contributed by atoms with E-state index < -0.39 is 0 Å². The average Bonchev–Trinajstić information content (AvgIpc) is 2.46. The zero-order valence-electron chi connectivity index (χ0n) is 10.1. The number of anilines is 1. The first-order chi connectivity index (χ1) is 8.88. The molecule has 0 saturated heterocycles. The molecule has 0 bridgehead atoms. The van der Waals surface area contributed by atoms with Gasteiger partial charge in [-0.2, -0.15) is 5.26 Å². The molecule has 0 aromatic heterocycles. The number of hydrogen-bond acceptors (Lipinski definition) is 2. The zero-order chi connectivity index (χ0) is 12.4. The van der Waals surface area contributed by atoms with E-state index in [9.17, 15) is 5.26 Å². The number of fused-ring (bicyclic) bond motifs is 1. The fourth-order valence-corrected chi connectivity index (χ4v) is 2.62. The Bertz CT molecular complexity index is 610. The van der Waals surface area contributed by atoms with Gasteiger partial charge in [-0.3, -0.25) is 0 Å². The molecular formula is C16H14N2. The van der Waals surface area contributed by atoms with Crippen molar-refractivity contribution in [1.29, 1.82) is 5.26 Å². The first kappa shape index (κ1) is 10.9. The van der Waals surface area contributed by atoms with Crippen molar-refractivity contribution in [2.75, 3.05) is 11.9 Å². The number of nitrogens with one attached hydrogen (secondary N) is 1. The number of rotatable bonds is 1. The molecule has 2 heteroatoms. The number of nitriles is 1. The Balaban J connectivity index is 1.95. The van der Waals surface area contributed by atoms with Gasteiger partial charge < -0.3 is 5.32 Å². The van der Waals surface area contributed by atoms with Crippen molar-refractivity contribution in [3.05, 3.63) is 65.2 Å². The molecule has 0 spiro atoms. The van der Waals surface area contributed by atoms with Crippen LogP contribution in [0.3, 0.4) is 0 Å². The van der Waals surface area contributed by atoms with Gasteiger partial charge in [0.2, 0.25) is 0 Å². The molecule has 1 heterocycles. The summed E-state index contributed by atoms with van der Waals surface area (Å²) >= 11 is 0. The van der Waals surface area contributed by atoms with Crippen molar-refractivity contribution < 1.29 is 0 Å². The van der Waals surface area contributed by atoms with Gasteiger partial charge in [0.1, 0.15) is 0 Å². The van der Waals surface area contributed by atoms with Crippen molar-refractivity contribution in [3.63, 3.8) is 0 Å². The Morgan fingerprint density at radius 1 is 1.06 bits per heavy atom. The highest BCUT2D eigenvalue weighted by molar-refractivity contribution is 5.55. The molecule has 0 aliphatic carbocycles. The lowest BCUT2D eigenvalue weighted by molar-refractivity contribution is 0.693. The third-order valence-corrected chi connectivity index (χ3v) is 3.54. The topological polar surface area (TPSA) is 35.8 Å². The Morgan fingerprint density at radius 2 is 1.83 bits per heavy atom. The number of hydrogen-bond donors (Lipinski definition) is 1. The second-order valence-corrected chi connectivity index (χ2v) is 4.64. The molecule has 88 valence electrons. The Morgan fingerprint density at radius 3 is 2.72 bits per heavy atom. The molecule has 1 aliphatic rings. The maximum absolute atomic E-state index is 9.17. The quantitative estimate of drug-likeness (QED) is 0.821. The molecule has 2 aromatic carbocycles. The van der Waals surface area contributed by atoms with Crippen LogP contribution in [-0.2, 0) is 6.42 Å². The first-order valence-electron chi connectivity index (χ1n) is 6.19. The van der Waals surface area contributed by atoms with E-state index in [-0.39, 0.29) is 0 Å². The molecule has 0 amide bonds. The number of nitrogens with zero attached hydrogens (tertiary/aromatic N) is 1. The van der Waals surface area contributed by atoms with Crippen LogP contribution in [0.1, 0.15) is 22.6 Å². The summed E-state index contributed by atoms with van der Waals surface area (Å²) in [4.78, 5) is 0. The van der Waals surface area contributed by atoms with E-state index in [1.54, 1.807) is 0 Å². The van der Waals surface area contributed by atoms with E-state index in [4.69, 9.17) is 0 Å². The van der Waals surface area contributed by atoms with Crippen molar-refractivity contribution in [2.24, 2.45) is 0 Å². The van der Waals surface area contributed by atoms with Gasteiger partial charge in [0, 0.05) is 18.2 Å². The second kappa shape index (κ2) is 4.54. The standard InChI is InChI=1S/C16H14N2/c17-10-13-6-1-3-7-15(13)14-9-12-5-2-4-8-16(12)18-11-14/h1-8,14,18H,9,11H2. The summed E-state index contributed by atoms with van der Waals surface area (Å²) in [6.07, 6.45) is 1.00. The SMILES string of the molecule is N#Cc1ccccc1C1CNc2ccccc2C1. The van der Waals surface area contributed by atoms with Crippen LogP contribution in [0.2, 0.25) is 0 Å². The van der Waals surface area contributed by atoms with Gasteiger partial charge in [0.25, 0.3) is 0 Å². The van der Waals surface area contributed by atoms with Crippen LogP contribution in [0.15, 0.2) is 48.5 Å². The van der Waals surface area contributed by atoms with Crippen molar-refractivity contribution in [1.82, 2.24) is 0 Å². The fraction of sp³-hybridized carbons (Fsp3) is 0.188. The van der Waals surface area contributed by atoms with Gasteiger partial charge in [-0.15, -0.1) is 0 Å². The summed E-state index contributed by atoms with van der Waals surface area (Å²) in [6, 6.07) is 18.6. The minimum Gasteiger partial charge on any atom is -0.384 e. The molecule has 2 nitrogen and oxygen atoms in total. The molecule has 1 N–H and O–H groups in total. The maximum atomic E-state index is 9.17. The van der Waals surface area contributed by atoms with Crippen LogP contribution in [-0.4, -0.2) is 6.54 Å². The second-order valence-electron chi connectivity index (χ2n) is 4.64. The van der Waals surface area contributed by atoms with Crippen LogP contribution in [0.4, 0.5) is 5.69 Å². The smallest absolute Gasteiger partial charge is 0.0994 e. The van der Waals surface area contributed by atoms with E-state index in [2.05, 4.69) is 41.7 Å². The predicted octanol–water partition coefficient (Wildman–Crippen LogP) is 3.31. The van der Waals surface area contributed by atoms with Gasteiger partial charge >= 0.3 is 0 Å². The third-order valence-electron chi connectivity index (χ3n) is 3.54. The molecule has 1 atom stereocenters. The van der Waals surface area contributed by atoms with Gasteiger partial charge in [0.05, 0.1) is 11.6 Å². The normalized spacial score (nSPS) is 17.4. The molecule has 0 radical (unpaired) electrons. The lowest BCUT2D eigenvalue weighted by Crippen LogP contribution is -2.22. The Hall–Kier alpha value is -2.27. The van der Waals surface area contributed by atoms with Crippen LogP contribution < -0.4 is 5.32 Å². The molecular weight excluding hydrogens is 220 g/mol. The number of benzene rings is 2. The highest BCUT2D eigenvalue weighted by atomic mass is 14.9. The minimum atomic E-state index is 0.385. The molecule has 1 unspecified atom stereocenters. The van der Waals surface area contributed by atoms with Crippen LogP contribution in [0, 0.1) is 11.3 Å². The molecule has 0 saturated carbocycles. The van der Waals surface area contributed by atoms with Crippen molar-refractivity contribution in [3.8, 4) is 6.07 Å². The van der Waals surface area contributed by atoms with Crippen molar-refractivity contribution >= 4 is 5.69 Å². The highest BCUT2D eigenvalue weighted by Gasteiger charge is 2.21. The largest absolute Gasteiger partial charge is 0.384 e. The van der Waals surface area contributed by atoms with Gasteiger partial charge in [-0.1, -0.05) is 36.4 Å². The molecule has 3 rings (SSSR count). The Labute approximate surface area is 107 Å². The Kier molecular flexibility index (Phi) is 2.74. The van der Waals surface area contributed by atoms with Crippen LogP contribution in [0.5, 0.6) is 0 Å². The van der Waals surface area contributed by atoms with E-state index in [0.717, 1.165) is 24.1 Å². The summed E-state index contributed by atoms with van der Waals surface area (Å²) in [5, 5.41) is 12.6. The van der Waals surface area contributed by atoms with E-state index >= 15 is 0 Å². The summed E-state index contributed by atoms with van der Waals surface area (Å²) < 4.78 is 0. The lowest BCUT2D eigenvalue weighted by Gasteiger charge is -2.27. The molecule has 0 fully saturated rings. The summed E-state index contributed by atoms with van der Waals surface area (Å²) in [5.41, 5.74) is 4.51. The fourth-order valence-electron chi connectivity index (χ4n) is 2.62. The molecule has 18 heavy (non-hydrogen) atoms. The predicted molar refractivity (Wildman–Crippen MR) is 72.5 cm³/mol.